The number of hydrogen-bond acceptors (Lipinski definition) is 1. The van der Waals surface area contributed by atoms with E-state index in [4.69, 9.17) is 0 Å². The first kappa shape index (κ1) is 18.9. The maximum atomic E-state index is 13.3. The molecule has 144 valence electrons. The van der Waals surface area contributed by atoms with Crippen LogP contribution in [-0.4, -0.2) is 10.4 Å². The van der Waals surface area contributed by atoms with Crippen molar-refractivity contribution in [2.24, 2.45) is 0 Å². The molecule has 1 aromatic heterocycles. The third-order valence-corrected chi connectivity index (χ3v) is 5.21. The quantitative estimate of drug-likeness (QED) is 0.269. The van der Waals surface area contributed by atoms with Crippen LogP contribution < -0.4 is 0 Å². The Morgan fingerprint density at radius 3 is 2.17 bits per heavy atom. The van der Waals surface area contributed by atoms with Gasteiger partial charge in [0.05, 0.1) is 5.56 Å². The highest BCUT2D eigenvalue weighted by Crippen LogP contribution is 2.32. The molecule has 0 N–H and O–H groups in total. The smallest absolute Gasteiger partial charge is 0.188 e. The molecule has 29 heavy (non-hydrogen) atoms. The molecule has 0 saturated carbocycles. The lowest BCUT2D eigenvalue weighted by atomic mass is 9.99. The van der Waals surface area contributed by atoms with Crippen LogP contribution in [0.5, 0.6) is 0 Å². The van der Waals surface area contributed by atoms with Gasteiger partial charge in [-0.15, -0.1) is 0 Å². The molecule has 0 aliphatic carbocycles. The number of hydrogen-bond donors (Lipinski definition) is 0. The van der Waals surface area contributed by atoms with Crippen molar-refractivity contribution < 1.29 is 4.79 Å². The number of carbonyl (C=O) groups is 1. The summed E-state index contributed by atoms with van der Waals surface area (Å²) in [5, 5.41) is 1.02. The van der Waals surface area contributed by atoms with Gasteiger partial charge in [-0.2, -0.15) is 0 Å². The van der Waals surface area contributed by atoms with Crippen LogP contribution in [0.25, 0.3) is 17.0 Å². The molecule has 4 rings (SSSR count). The number of aromatic nitrogens is 1. The van der Waals surface area contributed by atoms with Crippen molar-refractivity contribution >= 4 is 22.8 Å². The van der Waals surface area contributed by atoms with E-state index in [2.05, 4.69) is 54.8 Å². The van der Waals surface area contributed by atoms with E-state index in [0.717, 1.165) is 34.3 Å². The van der Waals surface area contributed by atoms with E-state index in [0.29, 0.717) is 0 Å². The normalized spacial score (nSPS) is 11.6. The highest BCUT2D eigenvalue weighted by atomic mass is 16.1. The third-order valence-electron chi connectivity index (χ3n) is 5.21. The fourth-order valence-corrected chi connectivity index (χ4v) is 3.94. The molecule has 0 aliphatic rings. The molecule has 4 aromatic rings. The molecule has 3 aromatic carbocycles. The molecular weight excluding hydrogens is 354 g/mol. The van der Waals surface area contributed by atoms with Gasteiger partial charge >= 0.3 is 0 Å². The van der Waals surface area contributed by atoms with E-state index in [1.807, 2.05) is 54.6 Å². The van der Waals surface area contributed by atoms with Crippen LogP contribution in [0.2, 0.25) is 0 Å². The topological polar surface area (TPSA) is 22.0 Å². The maximum Gasteiger partial charge on any atom is 0.188 e. The Kier molecular flexibility index (Phi) is 5.44. The van der Waals surface area contributed by atoms with Crippen LogP contribution >= 0.6 is 0 Å². The van der Waals surface area contributed by atoms with Gasteiger partial charge in [-0.25, -0.2) is 0 Å². The molecule has 2 nitrogen and oxygen atoms in total. The van der Waals surface area contributed by atoms with Gasteiger partial charge in [-0.05, 0) is 29.2 Å². The summed E-state index contributed by atoms with van der Waals surface area (Å²) in [5.74, 6) is 0.288. The average molecular weight is 380 g/mol. The van der Waals surface area contributed by atoms with Crippen molar-refractivity contribution in [1.82, 2.24) is 4.57 Å². The number of fused-ring (bicyclic) bond motifs is 1. The lowest BCUT2D eigenvalue weighted by Crippen LogP contribution is -2.09. The first-order valence-corrected chi connectivity index (χ1v) is 10.1. The summed E-state index contributed by atoms with van der Waals surface area (Å²) >= 11 is 0. The van der Waals surface area contributed by atoms with Crippen LogP contribution in [0.4, 0.5) is 0 Å². The first-order chi connectivity index (χ1) is 14.1. The second-order valence-corrected chi connectivity index (χ2v) is 7.61. The number of rotatable bonds is 6. The predicted octanol–water partition coefficient (Wildman–Crippen LogP) is 6.71. The Labute approximate surface area is 172 Å². The Hall–Kier alpha value is -3.39. The minimum absolute atomic E-state index is 0.0561. The Morgan fingerprint density at radius 2 is 1.48 bits per heavy atom. The molecule has 0 radical (unpaired) electrons. The Morgan fingerprint density at radius 1 is 0.862 bits per heavy atom. The summed E-state index contributed by atoms with van der Waals surface area (Å²) in [4.78, 5) is 13.3. The van der Waals surface area contributed by atoms with Gasteiger partial charge in [-0.1, -0.05) is 98.8 Å². The minimum Gasteiger partial charge on any atom is -0.339 e. The molecule has 1 heterocycles. The van der Waals surface area contributed by atoms with Crippen LogP contribution in [0.1, 0.15) is 46.9 Å². The van der Waals surface area contributed by atoms with Gasteiger partial charge in [0.25, 0.3) is 0 Å². The molecule has 0 unspecified atom stereocenters. The number of carbonyl (C=O) groups excluding carboxylic acids is 1. The van der Waals surface area contributed by atoms with E-state index < -0.39 is 0 Å². The van der Waals surface area contributed by atoms with Crippen molar-refractivity contribution in [2.75, 3.05) is 0 Å². The molecule has 0 atom stereocenters. The Balaban J connectivity index is 1.84. The summed E-state index contributed by atoms with van der Waals surface area (Å²) < 4.78 is 2.30. The van der Waals surface area contributed by atoms with Gasteiger partial charge in [0.1, 0.15) is 0 Å². The first-order valence-electron chi connectivity index (χ1n) is 10.1. The standard InChI is InChI=1S/C27H25NO/c1-20(2)27-26(25(29)18-17-21-11-5-3-6-12-21)23-15-9-10-16-24(23)28(27)19-22-13-7-4-8-14-22/h3-18,20H,19H2,1-2H3. The molecule has 0 amide bonds. The highest BCUT2D eigenvalue weighted by molar-refractivity contribution is 6.16. The number of ketones is 1. The third kappa shape index (κ3) is 3.93. The molecule has 0 aliphatic heterocycles. The molecule has 2 heteroatoms. The van der Waals surface area contributed by atoms with E-state index in [9.17, 15) is 4.79 Å². The summed E-state index contributed by atoms with van der Waals surface area (Å²) in [6.45, 7) is 5.07. The molecule has 0 bridgehead atoms. The van der Waals surface area contributed by atoms with Crippen molar-refractivity contribution in [3.63, 3.8) is 0 Å². The maximum absolute atomic E-state index is 13.3. The van der Waals surface area contributed by atoms with Crippen molar-refractivity contribution in [1.29, 1.82) is 0 Å². The van der Waals surface area contributed by atoms with Crippen molar-refractivity contribution in [3.05, 3.63) is 113 Å². The number of nitrogens with zero attached hydrogens (tertiary/aromatic N) is 1. The van der Waals surface area contributed by atoms with E-state index in [-0.39, 0.29) is 11.7 Å². The average Bonchev–Trinajstić information content (AvgIpc) is 3.08. The van der Waals surface area contributed by atoms with Gasteiger partial charge in [0.2, 0.25) is 0 Å². The Bertz CT molecular complexity index is 1150. The van der Waals surface area contributed by atoms with Crippen molar-refractivity contribution in [3.8, 4) is 0 Å². The summed E-state index contributed by atoms with van der Waals surface area (Å²) in [6.07, 6.45) is 3.60. The largest absolute Gasteiger partial charge is 0.339 e. The predicted molar refractivity (Wildman–Crippen MR) is 121 cm³/mol. The summed E-state index contributed by atoms with van der Waals surface area (Å²) in [5.41, 5.74) is 5.28. The van der Waals surface area contributed by atoms with E-state index >= 15 is 0 Å². The lowest BCUT2D eigenvalue weighted by molar-refractivity contribution is 0.104. The SMILES string of the molecule is CC(C)c1c(C(=O)C=Cc2ccccc2)c2ccccc2n1Cc1ccccc1. The van der Waals surface area contributed by atoms with Crippen LogP contribution in [0.15, 0.2) is 91.0 Å². The van der Waals surface area contributed by atoms with Gasteiger partial charge in [0.15, 0.2) is 5.78 Å². The number of para-hydroxylation sites is 1. The van der Waals surface area contributed by atoms with Gasteiger partial charge in [-0.3, -0.25) is 4.79 Å². The number of benzene rings is 3. The van der Waals surface area contributed by atoms with E-state index in [1.54, 1.807) is 6.08 Å². The zero-order valence-corrected chi connectivity index (χ0v) is 16.9. The molecule has 0 spiro atoms. The van der Waals surface area contributed by atoms with E-state index in [1.165, 1.54) is 5.56 Å². The highest BCUT2D eigenvalue weighted by Gasteiger charge is 2.23. The summed E-state index contributed by atoms with van der Waals surface area (Å²) in [6, 6.07) is 28.6. The minimum atomic E-state index is 0.0561. The number of allylic oxidation sites excluding steroid dienone is 1. The van der Waals surface area contributed by atoms with Crippen molar-refractivity contribution in [2.45, 2.75) is 26.3 Å². The van der Waals surface area contributed by atoms with Crippen LogP contribution in [-0.2, 0) is 6.54 Å². The molecular formula is C27H25NO. The fourth-order valence-electron chi connectivity index (χ4n) is 3.94. The fraction of sp³-hybridized carbons (Fsp3) is 0.148. The second kappa shape index (κ2) is 8.32. The molecule has 0 fully saturated rings. The summed E-state index contributed by atoms with van der Waals surface area (Å²) in [7, 11) is 0. The van der Waals surface area contributed by atoms with Crippen LogP contribution in [0.3, 0.4) is 0 Å². The zero-order valence-electron chi connectivity index (χ0n) is 16.9. The lowest BCUT2D eigenvalue weighted by Gasteiger charge is -2.15. The zero-order chi connectivity index (χ0) is 20.2. The second-order valence-electron chi connectivity index (χ2n) is 7.61. The van der Waals surface area contributed by atoms with Crippen LogP contribution in [0, 0.1) is 0 Å². The van der Waals surface area contributed by atoms with Gasteiger partial charge < -0.3 is 4.57 Å². The van der Waals surface area contributed by atoms with Gasteiger partial charge in [0, 0.05) is 23.1 Å². The monoisotopic (exact) mass is 379 g/mol. The molecule has 0 saturated heterocycles.